The summed E-state index contributed by atoms with van der Waals surface area (Å²) in [5.74, 6) is -0.0449. The molecular formula is C13H20N2O3S2. The molecule has 1 unspecified atom stereocenters. The summed E-state index contributed by atoms with van der Waals surface area (Å²) in [5.41, 5.74) is 0.882. The number of aromatic carboxylic acids is 1. The van der Waals surface area contributed by atoms with E-state index in [0.29, 0.717) is 10.6 Å². The Bertz CT molecular complexity index is 500. The summed E-state index contributed by atoms with van der Waals surface area (Å²) in [5, 5.41) is 15.0. The molecule has 1 aromatic heterocycles. The van der Waals surface area contributed by atoms with Crippen LogP contribution in [0.4, 0.5) is 9.80 Å². The molecule has 2 amide bonds. The number of anilines is 1. The molecule has 7 heteroatoms. The summed E-state index contributed by atoms with van der Waals surface area (Å²) < 4.78 is 0. The van der Waals surface area contributed by atoms with Crippen molar-refractivity contribution in [2.24, 2.45) is 0 Å². The van der Waals surface area contributed by atoms with Crippen molar-refractivity contribution in [2.75, 3.05) is 17.3 Å². The third-order valence-electron chi connectivity index (χ3n) is 2.96. The summed E-state index contributed by atoms with van der Waals surface area (Å²) >= 11 is 3.01. The average Bonchev–Trinajstić information content (AvgIpc) is 2.61. The third kappa shape index (κ3) is 4.42. The molecule has 0 aliphatic carbocycles. The SMILES string of the molecule is CSCCC(C)NC(=O)Nc1sc(C)c(C)c1C(=O)O. The highest BCUT2D eigenvalue weighted by molar-refractivity contribution is 7.98. The van der Waals surface area contributed by atoms with Gasteiger partial charge < -0.3 is 10.4 Å². The van der Waals surface area contributed by atoms with Gasteiger partial charge >= 0.3 is 12.0 Å². The van der Waals surface area contributed by atoms with E-state index < -0.39 is 5.97 Å². The molecule has 1 atom stereocenters. The van der Waals surface area contributed by atoms with Crippen LogP contribution in [0.1, 0.15) is 34.1 Å². The highest BCUT2D eigenvalue weighted by atomic mass is 32.2. The minimum atomic E-state index is -1.02. The highest BCUT2D eigenvalue weighted by Gasteiger charge is 2.20. The van der Waals surface area contributed by atoms with Crippen LogP contribution in [0, 0.1) is 13.8 Å². The lowest BCUT2D eigenvalue weighted by Gasteiger charge is -2.13. The van der Waals surface area contributed by atoms with Gasteiger partial charge in [0.1, 0.15) is 5.00 Å². The van der Waals surface area contributed by atoms with Crippen molar-refractivity contribution in [1.82, 2.24) is 5.32 Å². The molecule has 0 bridgehead atoms. The second kappa shape index (κ2) is 7.54. The van der Waals surface area contributed by atoms with Gasteiger partial charge in [0.15, 0.2) is 0 Å². The molecule has 5 nitrogen and oxygen atoms in total. The van der Waals surface area contributed by atoms with Crippen LogP contribution >= 0.6 is 23.1 Å². The van der Waals surface area contributed by atoms with Crippen molar-refractivity contribution in [3.05, 3.63) is 16.0 Å². The van der Waals surface area contributed by atoms with Crippen molar-refractivity contribution in [3.63, 3.8) is 0 Å². The fraction of sp³-hybridized carbons (Fsp3) is 0.538. The van der Waals surface area contributed by atoms with Crippen LogP contribution in [-0.2, 0) is 0 Å². The maximum Gasteiger partial charge on any atom is 0.338 e. The quantitative estimate of drug-likeness (QED) is 0.752. The van der Waals surface area contributed by atoms with Crippen molar-refractivity contribution < 1.29 is 14.7 Å². The molecular weight excluding hydrogens is 296 g/mol. The van der Waals surface area contributed by atoms with Crippen molar-refractivity contribution in [1.29, 1.82) is 0 Å². The Hall–Kier alpha value is -1.21. The number of carbonyl (C=O) groups excluding carboxylic acids is 1. The molecule has 0 aliphatic heterocycles. The molecule has 112 valence electrons. The predicted molar refractivity (Wildman–Crippen MR) is 85.4 cm³/mol. The molecule has 0 aliphatic rings. The van der Waals surface area contributed by atoms with E-state index in [9.17, 15) is 14.7 Å². The largest absolute Gasteiger partial charge is 0.478 e. The van der Waals surface area contributed by atoms with E-state index in [4.69, 9.17) is 0 Å². The summed E-state index contributed by atoms with van der Waals surface area (Å²) in [6.45, 7) is 5.52. The minimum Gasteiger partial charge on any atom is -0.478 e. The van der Waals surface area contributed by atoms with Crippen LogP contribution < -0.4 is 10.6 Å². The zero-order valence-corrected chi connectivity index (χ0v) is 13.7. The van der Waals surface area contributed by atoms with Crippen LogP contribution in [0.25, 0.3) is 0 Å². The van der Waals surface area contributed by atoms with E-state index in [1.165, 1.54) is 11.3 Å². The zero-order chi connectivity index (χ0) is 15.3. The lowest BCUT2D eigenvalue weighted by atomic mass is 10.1. The third-order valence-corrected chi connectivity index (χ3v) is 4.73. The van der Waals surface area contributed by atoms with E-state index in [1.54, 1.807) is 18.7 Å². The molecule has 1 rings (SSSR count). The maximum atomic E-state index is 11.9. The number of amides is 2. The van der Waals surface area contributed by atoms with Gasteiger partial charge in [-0.3, -0.25) is 5.32 Å². The smallest absolute Gasteiger partial charge is 0.338 e. The lowest BCUT2D eigenvalue weighted by Crippen LogP contribution is -2.36. The van der Waals surface area contributed by atoms with Gasteiger partial charge in [0.25, 0.3) is 0 Å². The van der Waals surface area contributed by atoms with Gasteiger partial charge in [-0.2, -0.15) is 11.8 Å². The molecule has 3 N–H and O–H groups in total. The number of hydrogen-bond donors (Lipinski definition) is 3. The molecule has 0 saturated carbocycles. The standard InChI is InChI=1S/C13H20N2O3S2/c1-7(5-6-19-4)14-13(18)15-11-10(12(16)17)8(2)9(3)20-11/h7H,5-6H2,1-4H3,(H,16,17)(H2,14,15,18). The van der Waals surface area contributed by atoms with E-state index in [2.05, 4.69) is 10.6 Å². The number of urea groups is 1. The molecule has 0 spiro atoms. The molecule has 0 aromatic carbocycles. The van der Waals surface area contributed by atoms with Gasteiger partial charge in [-0.05, 0) is 44.8 Å². The van der Waals surface area contributed by atoms with Crippen LogP contribution in [0.15, 0.2) is 0 Å². The van der Waals surface area contributed by atoms with Gasteiger partial charge in [-0.25, -0.2) is 9.59 Å². The van der Waals surface area contributed by atoms with E-state index in [1.807, 2.05) is 20.1 Å². The van der Waals surface area contributed by atoms with Crippen molar-refractivity contribution in [2.45, 2.75) is 33.2 Å². The number of carboxylic acids is 1. The van der Waals surface area contributed by atoms with Gasteiger partial charge in [-0.1, -0.05) is 0 Å². The fourth-order valence-electron chi connectivity index (χ4n) is 1.70. The maximum absolute atomic E-state index is 11.9. The van der Waals surface area contributed by atoms with Crippen molar-refractivity contribution >= 4 is 40.1 Å². The Labute approximate surface area is 127 Å². The molecule has 1 aromatic rings. The number of rotatable bonds is 6. The van der Waals surface area contributed by atoms with Crippen molar-refractivity contribution in [3.8, 4) is 0 Å². The number of thiophene rings is 1. The number of carbonyl (C=O) groups is 2. The number of thioether (sulfide) groups is 1. The monoisotopic (exact) mass is 316 g/mol. The second-order valence-corrected chi connectivity index (χ2v) is 6.78. The molecule has 0 saturated heterocycles. The Morgan fingerprint density at radius 2 is 2.05 bits per heavy atom. The van der Waals surface area contributed by atoms with Crippen LogP contribution in [0.2, 0.25) is 0 Å². The van der Waals surface area contributed by atoms with E-state index in [-0.39, 0.29) is 17.6 Å². The fourth-order valence-corrected chi connectivity index (χ4v) is 3.34. The minimum absolute atomic E-state index is 0.0536. The zero-order valence-electron chi connectivity index (χ0n) is 12.1. The summed E-state index contributed by atoms with van der Waals surface area (Å²) in [7, 11) is 0. The number of carboxylic acid groups (broad SMARTS) is 1. The predicted octanol–water partition coefficient (Wildman–Crippen LogP) is 3.33. The van der Waals surface area contributed by atoms with Gasteiger partial charge in [-0.15, -0.1) is 11.3 Å². The number of hydrogen-bond acceptors (Lipinski definition) is 4. The first kappa shape index (κ1) is 16.8. The number of aryl methyl sites for hydroxylation is 1. The second-order valence-electron chi connectivity index (χ2n) is 4.57. The van der Waals surface area contributed by atoms with Crippen LogP contribution in [0.5, 0.6) is 0 Å². The summed E-state index contributed by atoms with van der Waals surface area (Å²) in [4.78, 5) is 24.0. The Balaban J connectivity index is 2.71. The Morgan fingerprint density at radius 1 is 1.40 bits per heavy atom. The summed E-state index contributed by atoms with van der Waals surface area (Å²) in [6, 6.07) is -0.305. The summed E-state index contributed by atoms with van der Waals surface area (Å²) in [6.07, 6.45) is 2.89. The highest BCUT2D eigenvalue weighted by Crippen LogP contribution is 2.32. The number of nitrogens with one attached hydrogen (secondary N) is 2. The van der Waals surface area contributed by atoms with Gasteiger partial charge in [0.05, 0.1) is 5.56 Å². The van der Waals surface area contributed by atoms with E-state index >= 15 is 0 Å². The lowest BCUT2D eigenvalue weighted by molar-refractivity contribution is 0.0697. The van der Waals surface area contributed by atoms with Crippen LogP contribution in [-0.4, -0.2) is 35.2 Å². The molecule has 0 radical (unpaired) electrons. The van der Waals surface area contributed by atoms with Crippen LogP contribution in [0.3, 0.4) is 0 Å². The van der Waals surface area contributed by atoms with E-state index in [0.717, 1.165) is 17.1 Å². The topological polar surface area (TPSA) is 78.4 Å². The van der Waals surface area contributed by atoms with Gasteiger partial charge in [0, 0.05) is 10.9 Å². The Morgan fingerprint density at radius 3 is 2.60 bits per heavy atom. The molecule has 20 heavy (non-hydrogen) atoms. The first-order valence-corrected chi connectivity index (χ1v) is 8.47. The Kier molecular flexibility index (Phi) is 6.35. The molecule has 0 fully saturated rings. The first-order chi connectivity index (χ1) is 9.36. The first-order valence-electron chi connectivity index (χ1n) is 6.26. The van der Waals surface area contributed by atoms with Gasteiger partial charge in [0.2, 0.25) is 0 Å². The normalized spacial score (nSPS) is 12.0. The molecule has 1 heterocycles. The average molecular weight is 316 g/mol.